The first-order valence-electron chi connectivity index (χ1n) is 7.75. The molecule has 2 bridgehead atoms. The van der Waals surface area contributed by atoms with Gasteiger partial charge in [0.05, 0.1) is 19.3 Å². The lowest BCUT2D eigenvalue weighted by atomic mass is 9.49. The Bertz CT molecular complexity index is 360. The van der Waals surface area contributed by atoms with Crippen molar-refractivity contribution in [2.45, 2.75) is 51.7 Å². The average molecular weight is 265 g/mol. The molecule has 0 aromatic rings. The molecule has 19 heavy (non-hydrogen) atoms. The third-order valence-electron chi connectivity index (χ3n) is 5.38. The minimum absolute atomic E-state index is 0.369. The number of rotatable bonds is 7. The summed E-state index contributed by atoms with van der Waals surface area (Å²) in [6.45, 7) is 6.59. The first kappa shape index (κ1) is 13.6. The van der Waals surface area contributed by atoms with Crippen molar-refractivity contribution in [3.63, 3.8) is 0 Å². The van der Waals surface area contributed by atoms with Gasteiger partial charge in [0.25, 0.3) is 0 Å². The Balaban J connectivity index is 1.36. The summed E-state index contributed by atoms with van der Waals surface area (Å²) in [5.41, 5.74) is 1.94. The van der Waals surface area contributed by atoms with Crippen LogP contribution in [0.5, 0.6) is 0 Å². The van der Waals surface area contributed by atoms with E-state index in [9.17, 15) is 5.11 Å². The highest BCUT2D eigenvalue weighted by molar-refractivity contribution is 5.23. The zero-order chi connectivity index (χ0) is 13.5. The van der Waals surface area contributed by atoms with Crippen LogP contribution in [0.25, 0.3) is 0 Å². The maximum absolute atomic E-state index is 9.83. The molecule has 3 heteroatoms. The van der Waals surface area contributed by atoms with E-state index in [1.54, 1.807) is 0 Å². The van der Waals surface area contributed by atoms with E-state index in [-0.39, 0.29) is 6.10 Å². The average Bonchev–Trinajstić information content (AvgIpc) is 3.20. The lowest BCUT2D eigenvalue weighted by Gasteiger charge is -2.56. The van der Waals surface area contributed by atoms with Crippen LogP contribution in [0.2, 0.25) is 0 Å². The monoisotopic (exact) mass is 265 g/mol. The SMILES string of the molecule is CC1(C)[C@@H]2CC=C(COC[C@@H](O)CNC3CC3)[C@H]1C2. The number of nitrogens with one attached hydrogen (secondary N) is 1. The molecule has 0 saturated heterocycles. The first-order valence-corrected chi connectivity index (χ1v) is 7.75. The number of hydrogen-bond acceptors (Lipinski definition) is 3. The van der Waals surface area contributed by atoms with Crippen LogP contribution in [-0.2, 0) is 4.74 Å². The Morgan fingerprint density at radius 3 is 2.89 bits per heavy atom. The van der Waals surface area contributed by atoms with Gasteiger partial charge in [0.1, 0.15) is 0 Å². The Hall–Kier alpha value is -0.380. The number of hydrogen-bond donors (Lipinski definition) is 2. The number of ether oxygens (including phenoxy) is 1. The predicted octanol–water partition coefficient (Wildman–Crippen LogP) is 2.11. The second kappa shape index (κ2) is 5.19. The Labute approximate surface area is 116 Å². The van der Waals surface area contributed by atoms with Gasteiger partial charge in [0.2, 0.25) is 0 Å². The van der Waals surface area contributed by atoms with Crippen LogP contribution in [-0.4, -0.2) is 37.0 Å². The van der Waals surface area contributed by atoms with Gasteiger partial charge in [0, 0.05) is 12.6 Å². The molecule has 0 amide bonds. The van der Waals surface area contributed by atoms with E-state index in [1.807, 2.05) is 0 Å². The summed E-state index contributed by atoms with van der Waals surface area (Å²) in [7, 11) is 0. The van der Waals surface area contributed by atoms with Crippen molar-refractivity contribution < 1.29 is 9.84 Å². The van der Waals surface area contributed by atoms with Crippen molar-refractivity contribution in [3.05, 3.63) is 11.6 Å². The maximum Gasteiger partial charge on any atom is 0.0897 e. The maximum atomic E-state index is 9.83. The second-order valence-corrected chi connectivity index (χ2v) is 7.17. The molecule has 4 aliphatic rings. The predicted molar refractivity (Wildman–Crippen MR) is 75.9 cm³/mol. The van der Waals surface area contributed by atoms with Gasteiger partial charge < -0.3 is 15.2 Å². The third-order valence-corrected chi connectivity index (χ3v) is 5.38. The van der Waals surface area contributed by atoms with Crippen LogP contribution in [0.4, 0.5) is 0 Å². The summed E-state index contributed by atoms with van der Waals surface area (Å²) in [5, 5.41) is 13.2. The molecule has 4 rings (SSSR count). The van der Waals surface area contributed by atoms with Gasteiger partial charge in [-0.1, -0.05) is 19.9 Å². The van der Waals surface area contributed by atoms with Gasteiger partial charge in [-0.15, -0.1) is 0 Å². The molecule has 2 saturated carbocycles. The number of aliphatic hydroxyl groups excluding tert-OH is 1. The third kappa shape index (κ3) is 2.88. The molecule has 3 atom stereocenters. The van der Waals surface area contributed by atoms with Gasteiger partial charge in [-0.3, -0.25) is 0 Å². The number of fused-ring (bicyclic) bond motifs is 1. The molecule has 0 aromatic heterocycles. The van der Waals surface area contributed by atoms with Gasteiger partial charge in [0.15, 0.2) is 0 Å². The normalized spacial score (nSPS) is 33.5. The zero-order valence-electron chi connectivity index (χ0n) is 12.2. The fraction of sp³-hybridized carbons (Fsp3) is 0.875. The Kier molecular flexibility index (Phi) is 3.71. The van der Waals surface area contributed by atoms with Gasteiger partial charge in [-0.05, 0) is 48.5 Å². The fourth-order valence-corrected chi connectivity index (χ4v) is 3.60. The minimum Gasteiger partial charge on any atom is -0.389 e. The lowest BCUT2D eigenvalue weighted by molar-refractivity contribution is -0.0235. The van der Waals surface area contributed by atoms with Crippen molar-refractivity contribution >= 4 is 0 Å². The molecule has 3 nitrogen and oxygen atoms in total. The summed E-state index contributed by atoms with van der Waals surface area (Å²) in [4.78, 5) is 0. The first-order chi connectivity index (χ1) is 9.07. The standard InChI is InChI=1S/C16H27NO2/c1-16(2)12-4-3-11(15(16)7-12)9-19-10-14(18)8-17-13-5-6-13/h3,12-15,17-18H,4-10H2,1-2H3/t12-,14+,15-/m1/s1. The molecule has 0 aliphatic heterocycles. The van der Waals surface area contributed by atoms with E-state index in [1.165, 1.54) is 31.3 Å². The van der Waals surface area contributed by atoms with E-state index in [0.29, 0.717) is 37.1 Å². The van der Waals surface area contributed by atoms with Crippen molar-refractivity contribution in [1.82, 2.24) is 5.32 Å². The van der Waals surface area contributed by atoms with Crippen LogP contribution in [0.1, 0.15) is 39.5 Å². The topological polar surface area (TPSA) is 41.5 Å². The zero-order valence-corrected chi connectivity index (χ0v) is 12.2. The van der Waals surface area contributed by atoms with Crippen molar-refractivity contribution in [3.8, 4) is 0 Å². The highest BCUT2D eigenvalue weighted by atomic mass is 16.5. The van der Waals surface area contributed by atoms with Crippen molar-refractivity contribution in [2.24, 2.45) is 17.3 Å². The Morgan fingerprint density at radius 2 is 2.26 bits per heavy atom. The van der Waals surface area contributed by atoms with E-state index < -0.39 is 0 Å². The van der Waals surface area contributed by atoms with E-state index in [2.05, 4.69) is 25.2 Å². The molecule has 0 spiro atoms. The molecule has 2 N–H and O–H groups in total. The quantitative estimate of drug-likeness (QED) is 0.693. The Morgan fingerprint density at radius 1 is 1.47 bits per heavy atom. The summed E-state index contributed by atoms with van der Waals surface area (Å²) in [5.74, 6) is 1.60. The van der Waals surface area contributed by atoms with Gasteiger partial charge in [-0.2, -0.15) is 0 Å². The fourth-order valence-electron chi connectivity index (χ4n) is 3.60. The van der Waals surface area contributed by atoms with Crippen LogP contribution in [0, 0.1) is 17.3 Å². The molecule has 0 radical (unpaired) electrons. The molecule has 0 aromatic carbocycles. The molecular weight excluding hydrogens is 238 g/mol. The van der Waals surface area contributed by atoms with Crippen LogP contribution < -0.4 is 5.32 Å². The lowest BCUT2D eigenvalue weighted by Crippen LogP contribution is -2.48. The highest BCUT2D eigenvalue weighted by Crippen LogP contribution is 2.59. The molecule has 4 aliphatic carbocycles. The van der Waals surface area contributed by atoms with Gasteiger partial charge >= 0.3 is 0 Å². The second-order valence-electron chi connectivity index (χ2n) is 7.17. The van der Waals surface area contributed by atoms with Crippen molar-refractivity contribution in [2.75, 3.05) is 19.8 Å². The van der Waals surface area contributed by atoms with E-state index >= 15 is 0 Å². The highest BCUT2D eigenvalue weighted by Gasteiger charge is 2.50. The molecule has 2 fully saturated rings. The minimum atomic E-state index is -0.369. The summed E-state index contributed by atoms with van der Waals surface area (Å²) < 4.78 is 5.72. The smallest absolute Gasteiger partial charge is 0.0897 e. The molecular formula is C16H27NO2. The van der Waals surface area contributed by atoms with E-state index in [0.717, 1.165) is 5.92 Å². The molecule has 108 valence electrons. The largest absolute Gasteiger partial charge is 0.389 e. The van der Waals surface area contributed by atoms with Crippen molar-refractivity contribution in [1.29, 1.82) is 0 Å². The van der Waals surface area contributed by atoms with Crippen LogP contribution in [0.15, 0.2) is 11.6 Å². The number of allylic oxidation sites excluding steroid dienone is 1. The molecule has 0 unspecified atom stereocenters. The molecule has 0 heterocycles. The number of aliphatic hydroxyl groups is 1. The van der Waals surface area contributed by atoms with Gasteiger partial charge in [-0.25, -0.2) is 0 Å². The summed E-state index contributed by atoms with van der Waals surface area (Å²) >= 11 is 0. The van der Waals surface area contributed by atoms with Crippen LogP contribution >= 0.6 is 0 Å². The summed E-state index contributed by atoms with van der Waals surface area (Å²) in [6.07, 6.45) is 7.09. The van der Waals surface area contributed by atoms with E-state index in [4.69, 9.17) is 4.74 Å². The van der Waals surface area contributed by atoms with Crippen LogP contribution in [0.3, 0.4) is 0 Å². The summed E-state index contributed by atoms with van der Waals surface area (Å²) in [6, 6.07) is 0.656.